The third-order valence-corrected chi connectivity index (χ3v) is 4.90. The number of benzene rings is 1. The summed E-state index contributed by atoms with van der Waals surface area (Å²) >= 11 is 1.31. The molecule has 0 saturated heterocycles. The van der Waals surface area contributed by atoms with Crippen molar-refractivity contribution in [2.24, 2.45) is 0 Å². The van der Waals surface area contributed by atoms with E-state index in [1.807, 2.05) is 41.8 Å². The molecule has 0 aliphatic carbocycles. The number of carbonyl (C=O) groups is 1. The summed E-state index contributed by atoms with van der Waals surface area (Å²) in [4.78, 5) is 12.1. The van der Waals surface area contributed by atoms with Crippen LogP contribution in [0.5, 0.6) is 11.5 Å². The quantitative estimate of drug-likeness (QED) is 0.268. The van der Waals surface area contributed by atoms with Crippen LogP contribution in [0.2, 0.25) is 0 Å². The van der Waals surface area contributed by atoms with Crippen LogP contribution in [-0.4, -0.2) is 46.2 Å². The summed E-state index contributed by atoms with van der Waals surface area (Å²) < 4.78 is 18.3. The molecular formula is C21H24N4O4S. The zero-order valence-electron chi connectivity index (χ0n) is 16.7. The van der Waals surface area contributed by atoms with Crippen LogP contribution in [-0.2, 0) is 11.3 Å². The van der Waals surface area contributed by atoms with Gasteiger partial charge in [-0.05, 0) is 43.3 Å². The number of nitrogens with zero attached hydrogens (tertiary/aromatic N) is 3. The molecule has 9 heteroatoms. The van der Waals surface area contributed by atoms with Crippen LogP contribution in [0.4, 0.5) is 0 Å². The third kappa shape index (κ3) is 5.90. The average Bonchev–Trinajstić information content (AvgIpc) is 3.41. The van der Waals surface area contributed by atoms with Crippen LogP contribution in [0.1, 0.15) is 6.92 Å². The van der Waals surface area contributed by atoms with Gasteiger partial charge in [0.1, 0.15) is 18.1 Å². The van der Waals surface area contributed by atoms with E-state index >= 15 is 0 Å². The first-order chi connectivity index (χ1) is 14.7. The van der Waals surface area contributed by atoms with Gasteiger partial charge in [0.25, 0.3) is 0 Å². The Morgan fingerprint density at radius 2 is 2.00 bits per heavy atom. The van der Waals surface area contributed by atoms with Crippen LogP contribution in [0.15, 0.2) is 64.9 Å². The van der Waals surface area contributed by atoms with E-state index in [2.05, 4.69) is 22.1 Å². The zero-order chi connectivity index (χ0) is 21.2. The van der Waals surface area contributed by atoms with Crippen LogP contribution >= 0.6 is 11.8 Å². The molecule has 0 bridgehead atoms. The lowest BCUT2D eigenvalue weighted by Crippen LogP contribution is -2.29. The highest BCUT2D eigenvalue weighted by molar-refractivity contribution is 7.99. The van der Waals surface area contributed by atoms with Gasteiger partial charge in [-0.2, -0.15) is 0 Å². The maximum Gasteiger partial charge on any atom is 0.230 e. The highest BCUT2D eigenvalue weighted by atomic mass is 32.2. The summed E-state index contributed by atoms with van der Waals surface area (Å²) in [5.74, 6) is 2.86. The molecule has 1 N–H and O–H groups in total. The van der Waals surface area contributed by atoms with Crippen LogP contribution < -0.4 is 14.8 Å². The van der Waals surface area contributed by atoms with Gasteiger partial charge in [-0.3, -0.25) is 9.36 Å². The Kier molecular flexibility index (Phi) is 7.96. The van der Waals surface area contributed by atoms with E-state index in [1.54, 1.807) is 18.4 Å². The topological polar surface area (TPSA) is 91.4 Å². The molecule has 8 nitrogen and oxygen atoms in total. The Balaban J connectivity index is 1.43. The summed E-state index contributed by atoms with van der Waals surface area (Å²) in [5, 5.41) is 11.8. The van der Waals surface area contributed by atoms with E-state index in [0.717, 1.165) is 11.5 Å². The molecule has 1 aromatic carbocycles. The number of carbonyl (C=O) groups excluding carboxylic acids is 1. The SMILES string of the molecule is C=CCn1c(SCC(=O)NCCOc2ccc(OCC)cc2)nnc1-c1ccco1. The number of hydrogen-bond acceptors (Lipinski definition) is 7. The van der Waals surface area contributed by atoms with E-state index < -0.39 is 0 Å². The van der Waals surface area contributed by atoms with E-state index in [9.17, 15) is 4.79 Å². The van der Waals surface area contributed by atoms with Crippen LogP contribution in [0, 0.1) is 0 Å². The highest BCUT2D eigenvalue weighted by Crippen LogP contribution is 2.24. The van der Waals surface area contributed by atoms with Crippen LogP contribution in [0.25, 0.3) is 11.6 Å². The molecule has 0 aliphatic heterocycles. The molecule has 0 aliphatic rings. The Morgan fingerprint density at radius 3 is 2.67 bits per heavy atom. The lowest BCUT2D eigenvalue weighted by Gasteiger charge is -2.09. The van der Waals surface area contributed by atoms with Crippen molar-refractivity contribution in [2.45, 2.75) is 18.6 Å². The molecule has 158 valence electrons. The summed E-state index contributed by atoms with van der Waals surface area (Å²) in [5.41, 5.74) is 0. The minimum Gasteiger partial charge on any atom is -0.494 e. The molecular weight excluding hydrogens is 404 g/mol. The molecule has 0 fully saturated rings. The molecule has 0 unspecified atom stereocenters. The van der Waals surface area contributed by atoms with E-state index in [-0.39, 0.29) is 11.7 Å². The van der Waals surface area contributed by atoms with Crippen molar-refractivity contribution in [1.82, 2.24) is 20.1 Å². The second-order valence-corrected chi connectivity index (χ2v) is 7.02. The number of ether oxygens (including phenoxy) is 2. The van der Waals surface area contributed by atoms with Crippen molar-refractivity contribution < 1.29 is 18.7 Å². The largest absolute Gasteiger partial charge is 0.494 e. The molecule has 0 atom stereocenters. The van der Waals surface area contributed by atoms with Gasteiger partial charge in [-0.25, -0.2) is 0 Å². The fraction of sp³-hybridized carbons (Fsp3) is 0.286. The Labute approximate surface area is 179 Å². The van der Waals surface area contributed by atoms with Gasteiger partial charge in [0.15, 0.2) is 10.9 Å². The van der Waals surface area contributed by atoms with Gasteiger partial charge in [0, 0.05) is 6.54 Å². The van der Waals surface area contributed by atoms with Crippen molar-refractivity contribution in [2.75, 3.05) is 25.5 Å². The van der Waals surface area contributed by atoms with Gasteiger partial charge in [-0.1, -0.05) is 17.8 Å². The maximum atomic E-state index is 12.1. The van der Waals surface area contributed by atoms with Crippen molar-refractivity contribution in [3.63, 3.8) is 0 Å². The van der Waals surface area contributed by atoms with Gasteiger partial charge >= 0.3 is 0 Å². The van der Waals surface area contributed by atoms with E-state index in [4.69, 9.17) is 13.9 Å². The third-order valence-electron chi connectivity index (χ3n) is 3.93. The average molecular weight is 429 g/mol. The number of nitrogens with one attached hydrogen (secondary N) is 1. The standard InChI is InChI=1S/C21H24N4O4S/c1-3-12-25-20(18-6-5-13-29-18)23-24-21(25)30-15-19(26)22-11-14-28-17-9-7-16(8-10-17)27-4-2/h3,5-10,13H,1,4,11-12,14-15H2,2H3,(H,22,26). The number of aromatic nitrogens is 3. The molecule has 0 saturated carbocycles. The normalized spacial score (nSPS) is 10.6. The predicted octanol–water partition coefficient (Wildman–Crippen LogP) is 3.41. The van der Waals surface area contributed by atoms with E-state index in [1.165, 1.54) is 11.8 Å². The molecule has 30 heavy (non-hydrogen) atoms. The number of amides is 1. The monoisotopic (exact) mass is 428 g/mol. The number of thioether (sulfide) groups is 1. The minimum absolute atomic E-state index is 0.108. The van der Waals surface area contributed by atoms with Crippen molar-refractivity contribution in [3.05, 3.63) is 55.3 Å². The molecule has 3 rings (SSSR count). The summed E-state index contributed by atoms with van der Waals surface area (Å²) in [6.45, 7) is 7.63. The second-order valence-electron chi connectivity index (χ2n) is 6.07. The van der Waals surface area contributed by atoms with Crippen molar-refractivity contribution in [1.29, 1.82) is 0 Å². The number of hydrogen-bond donors (Lipinski definition) is 1. The Bertz CT molecular complexity index is 939. The number of furan rings is 1. The molecule has 2 heterocycles. The van der Waals surface area contributed by atoms with Crippen LogP contribution in [0.3, 0.4) is 0 Å². The lowest BCUT2D eigenvalue weighted by atomic mass is 10.3. The fourth-order valence-corrected chi connectivity index (χ4v) is 3.39. The van der Waals surface area contributed by atoms with Crippen molar-refractivity contribution in [3.8, 4) is 23.1 Å². The minimum atomic E-state index is -0.108. The smallest absolute Gasteiger partial charge is 0.230 e. The zero-order valence-corrected chi connectivity index (χ0v) is 17.6. The summed E-state index contributed by atoms with van der Waals surface area (Å²) in [7, 11) is 0. The molecule has 3 aromatic rings. The summed E-state index contributed by atoms with van der Waals surface area (Å²) in [6, 6.07) is 11.0. The first-order valence-corrected chi connectivity index (χ1v) is 10.5. The van der Waals surface area contributed by atoms with Gasteiger partial charge in [0.2, 0.25) is 11.7 Å². The highest BCUT2D eigenvalue weighted by Gasteiger charge is 2.16. The second kappa shape index (κ2) is 11.1. The fourth-order valence-electron chi connectivity index (χ4n) is 2.62. The van der Waals surface area contributed by atoms with Gasteiger partial charge in [0.05, 0.1) is 25.2 Å². The first-order valence-electron chi connectivity index (χ1n) is 9.54. The van der Waals surface area contributed by atoms with Crippen molar-refractivity contribution >= 4 is 17.7 Å². The molecule has 1 amide bonds. The number of rotatable bonds is 12. The Hall–Kier alpha value is -3.20. The first kappa shape index (κ1) is 21.5. The predicted molar refractivity (Wildman–Crippen MR) is 115 cm³/mol. The lowest BCUT2D eigenvalue weighted by molar-refractivity contribution is -0.118. The number of allylic oxidation sites excluding steroid dienone is 1. The molecule has 2 aromatic heterocycles. The van der Waals surface area contributed by atoms with Gasteiger partial charge < -0.3 is 19.2 Å². The molecule has 0 spiro atoms. The van der Waals surface area contributed by atoms with Gasteiger partial charge in [-0.15, -0.1) is 16.8 Å². The molecule has 0 radical (unpaired) electrons. The van der Waals surface area contributed by atoms with E-state index in [0.29, 0.717) is 43.0 Å². The Morgan fingerprint density at radius 1 is 1.23 bits per heavy atom. The summed E-state index contributed by atoms with van der Waals surface area (Å²) in [6.07, 6.45) is 3.33. The maximum absolute atomic E-state index is 12.1.